The standard InChI is InChI=1S/C22H21FN2O4/c1-15-11-19(16(2)25(15)12-17-6-8-18(23)9-7-17)20(26)14-29-22(28)13-24-10-4-3-5-21(24)27/h3-11H,12-14H2,1-2H3. The van der Waals surface area contributed by atoms with Crippen LogP contribution in [0.1, 0.15) is 27.3 Å². The van der Waals surface area contributed by atoms with Gasteiger partial charge in [0.25, 0.3) is 5.56 Å². The number of carbonyl (C=O) groups is 2. The van der Waals surface area contributed by atoms with Gasteiger partial charge in [0, 0.05) is 35.8 Å². The molecule has 3 aromatic rings. The molecule has 29 heavy (non-hydrogen) atoms. The summed E-state index contributed by atoms with van der Waals surface area (Å²) < 4.78 is 21.3. The Labute approximate surface area is 167 Å². The number of aryl methyl sites for hydroxylation is 1. The lowest BCUT2D eigenvalue weighted by molar-refractivity contribution is -0.143. The molecule has 2 heterocycles. The van der Waals surface area contributed by atoms with Gasteiger partial charge in [-0.25, -0.2) is 4.39 Å². The van der Waals surface area contributed by atoms with Crippen molar-refractivity contribution in [3.63, 3.8) is 0 Å². The molecule has 2 aromatic heterocycles. The zero-order valence-corrected chi connectivity index (χ0v) is 16.2. The Hall–Kier alpha value is -3.48. The van der Waals surface area contributed by atoms with Crippen molar-refractivity contribution >= 4 is 11.8 Å². The predicted molar refractivity (Wildman–Crippen MR) is 105 cm³/mol. The van der Waals surface area contributed by atoms with E-state index in [-0.39, 0.29) is 23.7 Å². The largest absolute Gasteiger partial charge is 0.456 e. The van der Waals surface area contributed by atoms with Gasteiger partial charge in [0.15, 0.2) is 6.61 Å². The number of halogens is 1. The van der Waals surface area contributed by atoms with Crippen LogP contribution in [0.25, 0.3) is 0 Å². The van der Waals surface area contributed by atoms with Gasteiger partial charge in [-0.1, -0.05) is 18.2 Å². The Balaban J connectivity index is 1.65. The molecule has 0 aliphatic rings. The molecular weight excluding hydrogens is 375 g/mol. The second-order valence-corrected chi connectivity index (χ2v) is 6.75. The normalized spacial score (nSPS) is 10.7. The number of pyridine rings is 1. The number of benzene rings is 1. The highest BCUT2D eigenvalue weighted by molar-refractivity contribution is 5.99. The number of hydrogen-bond donors (Lipinski definition) is 0. The molecule has 0 bridgehead atoms. The third-order valence-electron chi connectivity index (χ3n) is 4.69. The van der Waals surface area contributed by atoms with E-state index in [2.05, 4.69) is 0 Å². The Kier molecular flexibility index (Phi) is 6.07. The van der Waals surface area contributed by atoms with E-state index in [4.69, 9.17) is 4.74 Å². The summed E-state index contributed by atoms with van der Waals surface area (Å²) in [7, 11) is 0. The van der Waals surface area contributed by atoms with Crippen molar-refractivity contribution in [1.82, 2.24) is 9.13 Å². The molecule has 3 rings (SSSR count). The number of ether oxygens (including phenoxy) is 1. The average Bonchev–Trinajstić information content (AvgIpc) is 2.98. The molecule has 0 radical (unpaired) electrons. The highest BCUT2D eigenvalue weighted by Gasteiger charge is 2.18. The zero-order chi connectivity index (χ0) is 21.0. The molecule has 6 nitrogen and oxygen atoms in total. The summed E-state index contributed by atoms with van der Waals surface area (Å²) in [5.41, 5.74) is 2.67. The molecule has 0 aliphatic carbocycles. The summed E-state index contributed by atoms with van der Waals surface area (Å²) >= 11 is 0. The quantitative estimate of drug-likeness (QED) is 0.455. The van der Waals surface area contributed by atoms with Crippen molar-refractivity contribution in [1.29, 1.82) is 0 Å². The Bertz CT molecular complexity index is 1100. The smallest absolute Gasteiger partial charge is 0.326 e. The van der Waals surface area contributed by atoms with Crippen molar-refractivity contribution < 1.29 is 18.7 Å². The maximum atomic E-state index is 13.1. The van der Waals surface area contributed by atoms with E-state index in [0.717, 1.165) is 17.0 Å². The van der Waals surface area contributed by atoms with Crippen molar-refractivity contribution in [3.05, 3.63) is 93.4 Å². The van der Waals surface area contributed by atoms with Crippen LogP contribution in [0.2, 0.25) is 0 Å². The molecule has 0 saturated heterocycles. The SMILES string of the molecule is Cc1cc(C(=O)COC(=O)Cn2ccccc2=O)c(C)n1Cc1ccc(F)cc1. The van der Waals surface area contributed by atoms with Crippen molar-refractivity contribution in [2.45, 2.75) is 26.9 Å². The van der Waals surface area contributed by atoms with E-state index < -0.39 is 12.6 Å². The van der Waals surface area contributed by atoms with E-state index >= 15 is 0 Å². The molecule has 0 amide bonds. The number of rotatable bonds is 7. The van der Waals surface area contributed by atoms with Gasteiger partial charge in [0.2, 0.25) is 5.78 Å². The van der Waals surface area contributed by atoms with Crippen molar-refractivity contribution in [2.75, 3.05) is 6.61 Å². The van der Waals surface area contributed by atoms with Crippen LogP contribution in [0.4, 0.5) is 4.39 Å². The van der Waals surface area contributed by atoms with Crippen LogP contribution >= 0.6 is 0 Å². The van der Waals surface area contributed by atoms with Crippen LogP contribution in [-0.4, -0.2) is 27.5 Å². The fourth-order valence-corrected chi connectivity index (χ4v) is 3.10. The molecule has 0 N–H and O–H groups in total. The van der Waals surface area contributed by atoms with E-state index in [0.29, 0.717) is 12.1 Å². The second kappa shape index (κ2) is 8.68. The maximum absolute atomic E-state index is 13.1. The number of ketones is 1. The fraction of sp³-hybridized carbons (Fsp3) is 0.227. The lowest BCUT2D eigenvalue weighted by atomic mass is 10.1. The van der Waals surface area contributed by atoms with Gasteiger partial charge in [0.05, 0.1) is 0 Å². The first-order valence-electron chi connectivity index (χ1n) is 9.10. The molecule has 0 unspecified atom stereocenters. The third-order valence-corrected chi connectivity index (χ3v) is 4.69. The number of hydrogen-bond acceptors (Lipinski definition) is 4. The maximum Gasteiger partial charge on any atom is 0.326 e. The molecule has 0 aliphatic heterocycles. The van der Waals surface area contributed by atoms with Gasteiger partial charge in [-0.15, -0.1) is 0 Å². The molecule has 0 atom stereocenters. The van der Waals surface area contributed by atoms with E-state index in [9.17, 15) is 18.8 Å². The molecule has 1 aromatic carbocycles. The summed E-state index contributed by atoms with van der Waals surface area (Å²) in [6.45, 7) is 3.54. The van der Waals surface area contributed by atoms with E-state index in [1.807, 2.05) is 18.4 Å². The van der Waals surface area contributed by atoms with Gasteiger partial charge in [0.1, 0.15) is 12.4 Å². The Morgan fingerprint density at radius 1 is 1.07 bits per heavy atom. The molecule has 150 valence electrons. The van der Waals surface area contributed by atoms with Crippen LogP contribution in [-0.2, 0) is 22.6 Å². The minimum absolute atomic E-state index is 0.253. The van der Waals surface area contributed by atoms with Crippen molar-refractivity contribution in [2.24, 2.45) is 0 Å². The number of Topliss-reactive ketones (excluding diaryl/α,β-unsaturated/α-hetero) is 1. The Morgan fingerprint density at radius 3 is 2.48 bits per heavy atom. The van der Waals surface area contributed by atoms with Crippen LogP contribution < -0.4 is 5.56 Å². The van der Waals surface area contributed by atoms with Gasteiger partial charge < -0.3 is 13.9 Å². The first-order valence-corrected chi connectivity index (χ1v) is 9.10. The molecule has 0 fully saturated rings. The molecular formula is C22H21FN2O4. The van der Waals surface area contributed by atoms with Crippen LogP contribution in [0, 0.1) is 19.7 Å². The number of nitrogens with zero attached hydrogens (tertiary/aromatic N) is 2. The average molecular weight is 396 g/mol. The van der Waals surface area contributed by atoms with Gasteiger partial charge in [-0.05, 0) is 43.7 Å². The van der Waals surface area contributed by atoms with Gasteiger partial charge in [-0.2, -0.15) is 0 Å². The second-order valence-electron chi connectivity index (χ2n) is 6.75. The minimum atomic E-state index is -0.660. The van der Waals surface area contributed by atoms with E-state index in [1.165, 1.54) is 29.0 Å². The molecule has 0 spiro atoms. The highest BCUT2D eigenvalue weighted by atomic mass is 19.1. The van der Waals surface area contributed by atoms with Crippen molar-refractivity contribution in [3.8, 4) is 0 Å². The first-order chi connectivity index (χ1) is 13.8. The highest BCUT2D eigenvalue weighted by Crippen LogP contribution is 2.18. The van der Waals surface area contributed by atoms with Crippen LogP contribution in [0.5, 0.6) is 0 Å². The summed E-state index contributed by atoms with van der Waals surface area (Å²) in [5, 5.41) is 0. The monoisotopic (exact) mass is 396 g/mol. The lowest BCUT2D eigenvalue weighted by Gasteiger charge is -2.10. The van der Waals surface area contributed by atoms with Gasteiger partial charge in [-0.3, -0.25) is 14.4 Å². The topological polar surface area (TPSA) is 70.3 Å². The van der Waals surface area contributed by atoms with Crippen LogP contribution in [0.3, 0.4) is 0 Å². The molecule has 7 heteroatoms. The number of esters is 1. The Morgan fingerprint density at radius 2 is 1.79 bits per heavy atom. The first kappa shape index (κ1) is 20.3. The van der Waals surface area contributed by atoms with Crippen LogP contribution in [0.15, 0.2) is 59.5 Å². The van der Waals surface area contributed by atoms with E-state index in [1.54, 1.807) is 30.3 Å². The summed E-state index contributed by atoms with van der Waals surface area (Å²) in [4.78, 5) is 36.1. The summed E-state index contributed by atoms with van der Waals surface area (Å²) in [5.74, 6) is -1.28. The fourth-order valence-electron chi connectivity index (χ4n) is 3.10. The number of aromatic nitrogens is 2. The molecule has 0 saturated carbocycles. The lowest BCUT2D eigenvalue weighted by Crippen LogP contribution is -2.25. The number of carbonyl (C=O) groups excluding carboxylic acids is 2. The predicted octanol–water partition coefficient (Wildman–Crippen LogP) is 2.88. The zero-order valence-electron chi connectivity index (χ0n) is 16.2. The van der Waals surface area contributed by atoms with Gasteiger partial charge >= 0.3 is 5.97 Å². The third kappa shape index (κ3) is 4.87. The summed E-state index contributed by atoms with van der Waals surface area (Å²) in [6, 6.07) is 12.5. The summed E-state index contributed by atoms with van der Waals surface area (Å²) in [6.07, 6.45) is 1.48. The minimum Gasteiger partial charge on any atom is -0.456 e.